The molecule has 1 saturated heterocycles. The van der Waals surface area contributed by atoms with Gasteiger partial charge in [0.15, 0.2) is 11.5 Å². The van der Waals surface area contributed by atoms with Crippen LogP contribution in [0, 0.1) is 5.92 Å². The Kier molecular flexibility index (Phi) is 4.27. The summed E-state index contributed by atoms with van der Waals surface area (Å²) in [7, 11) is 0. The van der Waals surface area contributed by atoms with Crippen LogP contribution in [0.5, 0.6) is 0 Å². The van der Waals surface area contributed by atoms with Gasteiger partial charge in [0, 0.05) is 45.1 Å². The van der Waals surface area contributed by atoms with Gasteiger partial charge in [-0.2, -0.15) is 0 Å². The predicted molar refractivity (Wildman–Crippen MR) is 146 cm³/mol. The van der Waals surface area contributed by atoms with E-state index in [2.05, 4.69) is 5.32 Å². The van der Waals surface area contributed by atoms with E-state index in [9.17, 15) is 14.4 Å². The quantitative estimate of drug-likeness (QED) is 0.301. The zero-order chi connectivity index (χ0) is 25.6. The van der Waals surface area contributed by atoms with E-state index in [1.54, 1.807) is 29.2 Å². The second-order valence-electron chi connectivity index (χ2n) is 10.2. The van der Waals surface area contributed by atoms with Crippen LogP contribution in [-0.4, -0.2) is 29.0 Å². The molecule has 0 bridgehead atoms. The second-order valence-corrected chi connectivity index (χ2v) is 11.3. The van der Waals surface area contributed by atoms with Crippen molar-refractivity contribution in [3.8, 4) is 0 Å². The number of benzene rings is 3. The molecular weight excluding hydrogens is 496 g/mol. The Bertz CT molecular complexity index is 1860. The van der Waals surface area contributed by atoms with Gasteiger partial charge in [0.05, 0.1) is 4.88 Å². The van der Waals surface area contributed by atoms with Crippen LogP contribution < -0.4 is 5.32 Å². The van der Waals surface area contributed by atoms with Crippen LogP contribution in [-0.2, 0) is 5.41 Å². The molecule has 7 heteroatoms. The number of rotatable bonds is 3. The summed E-state index contributed by atoms with van der Waals surface area (Å²) in [5, 5.41) is 4.72. The van der Waals surface area contributed by atoms with Crippen molar-refractivity contribution in [3.63, 3.8) is 0 Å². The van der Waals surface area contributed by atoms with Crippen molar-refractivity contribution < 1.29 is 18.8 Å². The molecule has 1 spiro atoms. The van der Waals surface area contributed by atoms with E-state index < -0.39 is 0 Å². The molecule has 8 rings (SSSR count). The molecule has 1 unspecified atom stereocenters. The van der Waals surface area contributed by atoms with Gasteiger partial charge in [-0.3, -0.25) is 14.4 Å². The van der Waals surface area contributed by atoms with E-state index in [1.165, 1.54) is 11.3 Å². The van der Waals surface area contributed by atoms with Crippen molar-refractivity contribution in [1.82, 2.24) is 4.90 Å². The van der Waals surface area contributed by atoms with Gasteiger partial charge < -0.3 is 14.6 Å². The summed E-state index contributed by atoms with van der Waals surface area (Å²) in [4.78, 5) is 41.7. The summed E-state index contributed by atoms with van der Waals surface area (Å²) in [6.07, 6.45) is 2.59. The largest absolute Gasteiger partial charge is 0.451 e. The molecule has 1 N–H and O–H groups in total. The van der Waals surface area contributed by atoms with Crippen LogP contribution in [0.1, 0.15) is 42.6 Å². The Labute approximate surface area is 221 Å². The number of carbonyl (C=O) groups excluding carboxylic acids is 3. The van der Waals surface area contributed by atoms with Crippen molar-refractivity contribution in [3.05, 3.63) is 112 Å². The fourth-order valence-corrected chi connectivity index (χ4v) is 7.18. The lowest BCUT2D eigenvalue weighted by atomic mass is 9.81. The summed E-state index contributed by atoms with van der Waals surface area (Å²) in [5.74, 6) is 0.0436. The lowest BCUT2D eigenvalue weighted by Crippen LogP contribution is -2.33. The lowest BCUT2D eigenvalue weighted by Gasteiger charge is -2.28. The molecule has 184 valence electrons. The van der Waals surface area contributed by atoms with Gasteiger partial charge in [-0.05, 0) is 59.7 Å². The van der Waals surface area contributed by atoms with E-state index >= 15 is 0 Å². The summed E-state index contributed by atoms with van der Waals surface area (Å²) < 4.78 is 7.00. The summed E-state index contributed by atoms with van der Waals surface area (Å²) in [5.41, 5.74) is 3.50. The highest BCUT2D eigenvalue weighted by atomic mass is 32.1. The smallest absolute Gasteiger partial charge is 0.293 e. The maximum atomic E-state index is 13.6. The van der Waals surface area contributed by atoms with Crippen LogP contribution in [0.3, 0.4) is 0 Å². The number of furan rings is 1. The van der Waals surface area contributed by atoms with E-state index in [4.69, 9.17) is 4.42 Å². The van der Waals surface area contributed by atoms with Gasteiger partial charge in [-0.15, -0.1) is 11.3 Å². The highest BCUT2D eigenvalue weighted by Gasteiger charge is 2.67. The van der Waals surface area contributed by atoms with Crippen molar-refractivity contribution >= 4 is 55.7 Å². The van der Waals surface area contributed by atoms with Crippen molar-refractivity contribution in [2.24, 2.45) is 5.92 Å². The Morgan fingerprint density at radius 1 is 0.974 bits per heavy atom. The monoisotopic (exact) mass is 516 g/mol. The first-order valence-electron chi connectivity index (χ1n) is 12.5. The number of hydrogen-bond acceptors (Lipinski definition) is 5. The van der Waals surface area contributed by atoms with Crippen LogP contribution in [0.4, 0.5) is 5.69 Å². The van der Waals surface area contributed by atoms with E-state index in [0.717, 1.165) is 38.7 Å². The Hall–Kier alpha value is -4.49. The van der Waals surface area contributed by atoms with Crippen molar-refractivity contribution in [2.45, 2.75) is 11.8 Å². The minimum absolute atomic E-state index is 0.0600. The average molecular weight is 517 g/mol. The number of anilines is 1. The van der Waals surface area contributed by atoms with Crippen LogP contribution >= 0.6 is 11.3 Å². The molecule has 1 aliphatic heterocycles. The number of likely N-dealkylation sites (tertiary alicyclic amines) is 1. The standard InChI is InChI=1S/C31H20N2O4S/c34-23-14-28-31(22-7-3-2-6-21(22)23)15-19(31)16-33(28)30(36)25-12-18-11-20(9-10-24(18)37-25)32-29(35)27-13-17-5-1-4-8-26(17)38-27/h1-14,19H,15-16H2,(H,32,35)/t19-,31?/m1/s1. The molecule has 2 amide bonds. The van der Waals surface area contributed by atoms with Crippen molar-refractivity contribution in [1.29, 1.82) is 0 Å². The fourth-order valence-electron chi connectivity index (χ4n) is 6.23. The predicted octanol–water partition coefficient (Wildman–Crippen LogP) is 6.39. The van der Waals surface area contributed by atoms with Crippen LogP contribution in [0.2, 0.25) is 0 Å². The highest BCUT2D eigenvalue weighted by molar-refractivity contribution is 7.20. The van der Waals surface area contributed by atoms with Gasteiger partial charge >= 0.3 is 0 Å². The van der Waals surface area contributed by atoms with E-state index in [-0.39, 0.29) is 28.8 Å². The molecule has 2 aromatic heterocycles. The number of amides is 2. The van der Waals surface area contributed by atoms with Crippen LogP contribution in [0.25, 0.3) is 21.1 Å². The van der Waals surface area contributed by atoms with Crippen molar-refractivity contribution in [2.75, 3.05) is 11.9 Å². The Balaban J connectivity index is 1.07. The second kappa shape index (κ2) is 7.52. The zero-order valence-corrected chi connectivity index (χ0v) is 20.9. The van der Waals surface area contributed by atoms with Gasteiger partial charge in [0.2, 0.25) is 0 Å². The number of hydrogen-bond donors (Lipinski definition) is 1. The van der Waals surface area contributed by atoms with Crippen LogP contribution in [0.15, 0.2) is 95.1 Å². The number of piperidine rings is 1. The Morgan fingerprint density at radius 3 is 2.71 bits per heavy atom. The summed E-state index contributed by atoms with van der Waals surface area (Å²) in [6, 6.07) is 24.6. The molecule has 3 aromatic carbocycles. The molecule has 3 heterocycles. The third-order valence-corrected chi connectivity index (χ3v) is 9.19. The number of nitrogens with zero attached hydrogens (tertiary/aromatic N) is 1. The molecule has 38 heavy (non-hydrogen) atoms. The molecule has 2 atom stereocenters. The Morgan fingerprint density at radius 2 is 1.82 bits per heavy atom. The third-order valence-electron chi connectivity index (χ3n) is 8.08. The number of ketones is 1. The number of thiophene rings is 1. The van der Waals surface area contributed by atoms with E-state index in [0.29, 0.717) is 28.6 Å². The minimum atomic E-state index is -0.248. The first kappa shape index (κ1) is 21.6. The SMILES string of the molecule is O=C(Nc1ccc2oc(C(=O)N3C[C@H]4CC45C3=CC(=O)c3ccccc35)cc2c1)c1cc2ccccc2s1. The molecule has 2 fully saturated rings. The molecule has 2 aliphatic carbocycles. The molecule has 6 nitrogen and oxygen atoms in total. The number of nitrogens with one attached hydrogen (secondary N) is 1. The summed E-state index contributed by atoms with van der Waals surface area (Å²) in [6.45, 7) is 0.569. The maximum Gasteiger partial charge on any atom is 0.293 e. The van der Waals surface area contributed by atoms with E-state index in [1.807, 2.05) is 60.7 Å². The molecule has 5 aromatic rings. The summed E-state index contributed by atoms with van der Waals surface area (Å²) >= 11 is 1.45. The zero-order valence-electron chi connectivity index (χ0n) is 20.1. The van der Waals surface area contributed by atoms with Gasteiger partial charge in [0.1, 0.15) is 5.58 Å². The average Bonchev–Trinajstić information content (AvgIpc) is 3.25. The molecule has 3 aliphatic rings. The first-order chi connectivity index (χ1) is 18.5. The third kappa shape index (κ3) is 2.96. The topological polar surface area (TPSA) is 79.6 Å². The molecular formula is C31H20N2O4S. The van der Waals surface area contributed by atoms with Gasteiger partial charge in [0.25, 0.3) is 11.8 Å². The normalized spacial score (nSPS) is 21.2. The number of carbonyl (C=O) groups is 3. The first-order valence-corrected chi connectivity index (χ1v) is 13.3. The number of fused-ring (bicyclic) bond motifs is 3. The lowest BCUT2D eigenvalue weighted by molar-refractivity contribution is 0.0782. The van der Waals surface area contributed by atoms with Gasteiger partial charge in [-0.1, -0.05) is 42.5 Å². The molecule has 1 saturated carbocycles. The van der Waals surface area contributed by atoms with Gasteiger partial charge in [-0.25, -0.2) is 0 Å². The minimum Gasteiger partial charge on any atom is -0.451 e. The maximum absolute atomic E-state index is 13.6. The molecule has 0 radical (unpaired) electrons. The fraction of sp³-hybridized carbons (Fsp3) is 0.129. The highest BCUT2D eigenvalue weighted by Crippen LogP contribution is 2.66. The number of allylic oxidation sites excluding steroid dienone is 2.